The molecule has 0 saturated carbocycles. The van der Waals surface area contributed by atoms with Gasteiger partial charge < -0.3 is 16.0 Å². The zero-order valence-corrected chi connectivity index (χ0v) is 12.7. The van der Waals surface area contributed by atoms with Gasteiger partial charge in [0.2, 0.25) is 5.91 Å². The van der Waals surface area contributed by atoms with E-state index in [4.69, 9.17) is 0 Å². The summed E-state index contributed by atoms with van der Waals surface area (Å²) in [6, 6.07) is 0.237. The molecule has 20 heavy (non-hydrogen) atoms. The fraction of sp³-hybridized carbons (Fsp3) is 0.615. The molecule has 0 aliphatic carbocycles. The number of aromatic nitrogens is 1. The highest BCUT2D eigenvalue weighted by Gasteiger charge is 2.18. The quantitative estimate of drug-likeness (QED) is 0.563. The fourth-order valence-electron chi connectivity index (χ4n) is 2.01. The molecular weight excluding hydrogens is 274 g/mol. The summed E-state index contributed by atoms with van der Waals surface area (Å²) >= 11 is 1.69. The molecule has 0 radical (unpaired) electrons. The molecule has 1 aromatic rings. The van der Waals surface area contributed by atoms with Gasteiger partial charge in [-0.1, -0.05) is 6.92 Å². The van der Waals surface area contributed by atoms with Crippen molar-refractivity contribution in [3.8, 4) is 0 Å². The highest BCUT2D eigenvalue weighted by Crippen LogP contribution is 2.09. The Bertz CT molecular complexity index is 475. The summed E-state index contributed by atoms with van der Waals surface area (Å²) in [6.07, 6.45) is 2.38. The molecule has 0 aromatic carbocycles. The standard InChI is InChI=1S/C13H21N5OS/c1-3-12-17-10(8-20-12)7-16-13(14-2)18-9-4-5-11(19)15-6-9/h8-9H,3-7H2,1-2H3,(H,15,19)(H2,14,16,18). The average Bonchev–Trinajstić information content (AvgIpc) is 2.93. The second-order valence-corrected chi connectivity index (χ2v) is 5.64. The number of amides is 1. The number of piperidine rings is 1. The van der Waals surface area contributed by atoms with E-state index in [1.807, 2.05) is 0 Å². The van der Waals surface area contributed by atoms with E-state index in [0.717, 1.165) is 29.5 Å². The molecule has 1 unspecified atom stereocenters. The molecule has 0 spiro atoms. The van der Waals surface area contributed by atoms with Crippen molar-refractivity contribution in [2.45, 2.75) is 38.8 Å². The van der Waals surface area contributed by atoms with Crippen molar-refractivity contribution in [3.63, 3.8) is 0 Å². The summed E-state index contributed by atoms with van der Waals surface area (Å²) < 4.78 is 0. The van der Waals surface area contributed by atoms with Crippen LogP contribution < -0.4 is 16.0 Å². The number of rotatable bonds is 4. The van der Waals surface area contributed by atoms with Crippen molar-refractivity contribution in [2.24, 2.45) is 4.99 Å². The lowest BCUT2D eigenvalue weighted by Gasteiger charge is -2.25. The third-order valence-corrected chi connectivity index (χ3v) is 4.21. The number of aliphatic imine (C=N–C) groups is 1. The predicted molar refractivity (Wildman–Crippen MR) is 80.9 cm³/mol. The molecule has 1 atom stereocenters. The Hall–Kier alpha value is -1.63. The highest BCUT2D eigenvalue weighted by atomic mass is 32.1. The monoisotopic (exact) mass is 295 g/mol. The molecule has 6 nitrogen and oxygen atoms in total. The normalized spacial score (nSPS) is 19.6. The summed E-state index contributed by atoms with van der Waals surface area (Å²) in [7, 11) is 1.75. The molecule has 1 aliphatic heterocycles. The molecule has 3 N–H and O–H groups in total. The zero-order chi connectivity index (χ0) is 14.4. The van der Waals surface area contributed by atoms with Gasteiger partial charge in [0.05, 0.1) is 17.2 Å². The van der Waals surface area contributed by atoms with Crippen LogP contribution in [0.25, 0.3) is 0 Å². The van der Waals surface area contributed by atoms with Crippen LogP contribution in [0, 0.1) is 0 Å². The first-order valence-electron chi connectivity index (χ1n) is 6.88. The minimum Gasteiger partial charge on any atom is -0.354 e. The van der Waals surface area contributed by atoms with Gasteiger partial charge in [-0.15, -0.1) is 11.3 Å². The van der Waals surface area contributed by atoms with Gasteiger partial charge in [0.15, 0.2) is 5.96 Å². The second-order valence-electron chi connectivity index (χ2n) is 4.70. The van der Waals surface area contributed by atoms with Crippen molar-refractivity contribution >= 4 is 23.2 Å². The number of hydrogen-bond donors (Lipinski definition) is 3. The number of hydrogen-bond acceptors (Lipinski definition) is 4. The van der Waals surface area contributed by atoms with Gasteiger partial charge in [0, 0.05) is 31.4 Å². The number of carbonyl (C=O) groups excluding carboxylic acids is 1. The summed E-state index contributed by atoms with van der Waals surface area (Å²) in [5.74, 6) is 0.873. The Morgan fingerprint density at radius 3 is 3.10 bits per heavy atom. The maximum absolute atomic E-state index is 11.1. The molecule has 1 aliphatic rings. The minimum atomic E-state index is 0.126. The largest absolute Gasteiger partial charge is 0.354 e. The van der Waals surface area contributed by atoms with E-state index in [1.54, 1.807) is 18.4 Å². The summed E-state index contributed by atoms with van der Waals surface area (Å²) in [6.45, 7) is 3.42. The topological polar surface area (TPSA) is 78.4 Å². The lowest BCUT2D eigenvalue weighted by molar-refractivity contribution is -0.122. The second kappa shape index (κ2) is 7.23. The molecule has 1 fully saturated rings. The number of nitrogens with zero attached hydrogens (tertiary/aromatic N) is 2. The Morgan fingerprint density at radius 2 is 2.50 bits per heavy atom. The van der Waals surface area contributed by atoms with E-state index >= 15 is 0 Å². The fourth-order valence-corrected chi connectivity index (χ4v) is 2.76. The first kappa shape index (κ1) is 14.8. The summed E-state index contributed by atoms with van der Waals surface area (Å²) in [5, 5.41) is 12.6. The van der Waals surface area contributed by atoms with E-state index < -0.39 is 0 Å². The summed E-state index contributed by atoms with van der Waals surface area (Å²) in [4.78, 5) is 19.8. The first-order chi connectivity index (χ1) is 9.71. The molecule has 110 valence electrons. The SMILES string of the molecule is CCc1nc(CNC(=NC)NC2CCC(=O)NC2)cs1. The van der Waals surface area contributed by atoms with Crippen LogP contribution >= 0.6 is 11.3 Å². The molecule has 2 heterocycles. The first-order valence-corrected chi connectivity index (χ1v) is 7.76. The number of thiazole rings is 1. The molecule has 0 bridgehead atoms. The van der Waals surface area contributed by atoms with Gasteiger partial charge in [-0.2, -0.15) is 0 Å². The van der Waals surface area contributed by atoms with E-state index in [2.05, 4.69) is 38.2 Å². The predicted octanol–water partition coefficient (Wildman–Crippen LogP) is 0.649. The Kier molecular flexibility index (Phi) is 5.34. The molecule has 1 amide bonds. The van der Waals surface area contributed by atoms with E-state index in [-0.39, 0.29) is 11.9 Å². The lowest BCUT2D eigenvalue weighted by atomic mass is 10.1. The molecule has 2 rings (SSSR count). The van der Waals surface area contributed by atoms with Crippen LogP contribution in [-0.2, 0) is 17.8 Å². The average molecular weight is 295 g/mol. The Morgan fingerprint density at radius 1 is 1.65 bits per heavy atom. The highest BCUT2D eigenvalue weighted by molar-refractivity contribution is 7.09. The van der Waals surface area contributed by atoms with Crippen LogP contribution in [0.5, 0.6) is 0 Å². The van der Waals surface area contributed by atoms with Crippen LogP contribution in [0.15, 0.2) is 10.4 Å². The van der Waals surface area contributed by atoms with Gasteiger partial charge in [-0.25, -0.2) is 4.98 Å². The molecule has 7 heteroatoms. The molecular formula is C13H21N5OS. The van der Waals surface area contributed by atoms with Crippen LogP contribution in [0.3, 0.4) is 0 Å². The van der Waals surface area contributed by atoms with Crippen molar-refractivity contribution in [3.05, 3.63) is 16.1 Å². The van der Waals surface area contributed by atoms with E-state index in [9.17, 15) is 4.79 Å². The number of guanidine groups is 1. The summed E-state index contributed by atoms with van der Waals surface area (Å²) in [5.41, 5.74) is 1.03. The van der Waals surface area contributed by atoms with Crippen LogP contribution in [0.1, 0.15) is 30.5 Å². The minimum absolute atomic E-state index is 0.126. The van der Waals surface area contributed by atoms with Crippen molar-refractivity contribution in [2.75, 3.05) is 13.6 Å². The number of carbonyl (C=O) groups is 1. The zero-order valence-electron chi connectivity index (χ0n) is 11.9. The third kappa shape index (κ3) is 4.19. The van der Waals surface area contributed by atoms with Gasteiger partial charge >= 0.3 is 0 Å². The Labute approximate surface area is 123 Å². The molecule has 1 aromatic heterocycles. The van der Waals surface area contributed by atoms with Gasteiger partial charge in [-0.3, -0.25) is 9.79 Å². The maximum Gasteiger partial charge on any atom is 0.220 e. The van der Waals surface area contributed by atoms with Gasteiger partial charge in [0.25, 0.3) is 0 Å². The van der Waals surface area contributed by atoms with Crippen molar-refractivity contribution < 1.29 is 4.79 Å². The van der Waals surface area contributed by atoms with Crippen LogP contribution in [-0.4, -0.2) is 36.5 Å². The third-order valence-electron chi connectivity index (χ3n) is 3.17. The smallest absolute Gasteiger partial charge is 0.220 e. The van der Waals surface area contributed by atoms with E-state index in [1.165, 1.54) is 0 Å². The lowest BCUT2D eigenvalue weighted by Crippen LogP contribution is -2.51. The number of aryl methyl sites for hydroxylation is 1. The van der Waals surface area contributed by atoms with Gasteiger partial charge in [0.1, 0.15) is 0 Å². The van der Waals surface area contributed by atoms with Crippen molar-refractivity contribution in [1.29, 1.82) is 0 Å². The van der Waals surface area contributed by atoms with Crippen LogP contribution in [0.2, 0.25) is 0 Å². The molecule has 1 saturated heterocycles. The van der Waals surface area contributed by atoms with Crippen molar-refractivity contribution in [1.82, 2.24) is 20.9 Å². The van der Waals surface area contributed by atoms with Crippen LogP contribution in [0.4, 0.5) is 0 Å². The van der Waals surface area contributed by atoms with Gasteiger partial charge in [-0.05, 0) is 12.8 Å². The number of nitrogens with one attached hydrogen (secondary N) is 3. The Balaban J connectivity index is 1.79. The van der Waals surface area contributed by atoms with E-state index in [0.29, 0.717) is 19.5 Å². The maximum atomic E-state index is 11.1.